The summed E-state index contributed by atoms with van der Waals surface area (Å²) in [4.78, 5) is 44.0. The second-order valence-corrected chi connectivity index (χ2v) is 11.3. The number of nitrogens with one attached hydrogen (secondary N) is 1. The number of aromatic nitrogens is 1. The molecule has 0 saturated carbocycles. The van der Waals surface area contributed by atoms with Crippen molar-refractivity contribution < 1.29 is 48.0 Å². The summed E-state index contributed by atoms with van der Waals surface area (Å²) in [5, 5.41) is 47.5. The summed E-state index contributed by atoms with van der Waals surface area (Å²) < 4.78 is 38.8. The number of amides is 1. The quantitative estimate of drug-likeness (QED) is 0.281. The summed E-state index contributed by atoms with van der Waals surface area (Å²) in [7, 11) is 3.39. The number of allylic oxidation sites excluding steroid dienone is 2. The molecular formula is C26H25F3N4O7S. The number of aliphatic hydroxyl groups is 3. The molecule has 0 saturated heterocycles. The Labute approximate surface area is 234 Å². The van der Waals surface area contributed by atoms with Crippen molar-refractivity contribution in [3.05, 3.63) is 56.5 Å². The predicted molar refractivity (Wildman–Crippen MR) is 140 cm³/mol. The van der Waals surface area contributed by atoms with Gasteiger partial charge in [0, 0.05) is 55.2 Å². The molecule has 0 aliphatic heterocycles. The Kier molecular flexibility index (Phi) is 6.57. The van der Waals surface area contributed by atoms with Crippen LogP contribution in [0.1, 0.15) is 40.0 Å². The van der Waals surface area contributed by atoms with Gasteiger partial charge in [0.2, 0.25) is 5.78 Å². The van der Waals surface area contributed by atoms with Crippen molar-refractivity contribution in [2.75, 3.05) is 24.3 Å². The van der Waals surface area contributed by atoms with E-state index in [1.807, 2.05) is 0 Å². The van der Waals surface area contributed by atoms with Gasteiger partial charge in [-0.15, -0.1) is 11.3 Å². The number of aromatic hydroxyl groups is 1. The third-order valence-corrected chi connectivity index (χ3v) is 8.62. The number of hydrogen-bond donors (Lipinski definition) is 6. The Morgan fingerprint density at radius 1 is 1.24 bits per heavy atom. The van der Waals surface area contributed by atoms with Gasteiger partial charge >= 0.3 is 6.18 Å². The lowest BCUT2D eigenvalue weighted by Gasteiger charge is -2.46. The van der Waals surface area contributed by atoms with E-state index in [0.717, 1.165) is 5.38 Å². The molecule has 3 aliphatic carbocycles. The van der Waals surface area contributed by atoms with Gasteiger partial charge in [-0.25, -0.2) is 4.98 Å². The summed E-state index contributed by atoms with van der Waals surface area (Å²) >= 11 is 0.713. The summed E-state index contributed by atoms with van der Waals surface area (Å²) in [5.41, 5.74) is 1.19. The average Bonchev–Trinajstić information content (AvgIpc) is 3.35. The Morgan fingerprint density at radius 3 is 2.51 bits per heavy atom. The Morgan fingerprint density at radius 2 is 1.93 bits per heavy atom. The smallest absolute Gasteiger partial charge is 0.434 e. The molecule has 218 valence electrons. The van der Waals surface area contributed by atoms with Crippen molar-refractivity contribution in [2.45, 2.75) is 37.6 Å². The van der Waals surface area contributed by atoms with Crippen LogP contribution in [0.3, 0.4) is 0 Å². The van der Waals surface area contributed by atoms with Crippen LogP contribution in [-0.2, 0) is 28.7 Å². The molecule has 1 aromatic heterocycles. The number of aliphatic hydroxyl groups excluding tert-OH is 2. The zero-order chi connectivity index (χ0) is 30.2. The first-order chi connectivity index (χ1) is 19.1. The average molecular weight is 595 g/mol. The van der Waals surface area contributed by atoms with Crippen LogP contribution in [0.15, 0.2) is 34.1 Å². The molecule has 2 aromatic rings. The fourth-order valence-electron chi connectivity index (χ4n) is 5.91. The highest BCUT2D eigenvalue weighted by Crippen LogP contribution is 2.52. The first kappa shape index (κ1) is 28.4. The third kappa shape index (κ3) is 4.30. The number of rotatable bonds is 5. The number of anilines is 2. The zero-order valence-electron chi connectivity index (χ0n) is 21.7. The molecule has 0 spiro atoms. The SMILES string of the molecule is CN(C)c1cc(CNc2nc(C(F)(F)F)cs2)c(O)c2c1C[C@H]1C[C@H]3CC(O)=C(C(N)=O)C(=O)[C@@]3(O)C(O)=C1C2=O. The Hall–Kier alpha value is -4.11. The molecule has 41 heavy (non-hydrogen) atoms. The number of carbonyl (C=O) groups excluding carboxylic acids is 3. The molecule has 0 fully saturated rings. The summed E-state index contributed by atoms with van der Waals surface area (Å²) in [5.74, 6) is -7.30. The zero-order valence-corrected chi connectivity index (χ0v) is 22.5. The normalized spacial score (nSPS) is 24.1. The molecule has 7 N–H and O–H groups in total. The van der Waals surface area contributed by atoms with Gasteiger partial charge in [0.25, 0.3) is 5.91 Å². The molecule has 11 nitrogen and oxygen atoms in total. The lowest BCUT2D eigenvalue weighted by molar-refractivity contribution is -0.144. The number of primary amides is 1. The number of nitrogens with zero attached hydrogens (tertiary/aromatic N) is 2. The summed E-state index contributed by atoms with van der Waals surface area (Å²) in [6, 6.07) is 1.58. The van der Waals surface area contributed by atoms with Crippen molar-refractivity contribution >= 4 is 39.6 Å². The van der Waals surface area contributed by atoms with Gasteiger partial charge < -0.3 is 36.4 Å². The lowest BCUT2D eigenvalue weighted by atomic mass is 9.60. The molecule has 0 unspecified atom stereocenters. The number of ketones is 2. The van der Waals surface area contributed by atoms with E-state index in [9.17, 15) is 48.0 Å². The standard InChI is InChI=1S/C26H25F3N4O7S/c1-33(2)13-5-10(7-31-24-32-15(8-41-24)26(27,28)29)19(35)17-12(13)4-9-3-11-6-14(34)18(23(30)39)22(38)25(11,40)21(37)16(9)20(17)36/h5,8-9,11,34-35,37,40H,3-4,6-7H2,1-2H3,(H2,30,39)(H,31,32)/t9-,11+,25+/m1/s1. The minimum Gasteiger partial charge on any atom is -0.511 e. The van der Waals surface area contributed by atoms with Crippen molar-refractivity contribution in [1.29, 1.82) is 0 Å². The number of alkyl halides is 3. The molecule has 1 aromatic carbocycles. The van der Waals surface area contributed by atoms with Crippen LogP contribution >= 0.6 is 11.3 Å². The van der Waals surface area contributed by atoms with Crippen molar-refractivity contribution in [3.63, 3.8) is 0 Å². The fourth-order valence-corrected chi connectivity index (χ4v) is 6.63. The van der Waals surface area contributed by atoms with Crippen LogP contribution in [0.4, 0.5) is 24.0 Å². The van der Waals surface area contributed by atoms with E-state index in [-0.39, 0.29) is 47.6 Å². The number of fused-ring (bicyclic) bond motifs is 3. The first-order valence-electron chi connectivity index (χ1n) is 12.4. The van der Waals surface area contributed by atoms with Gasteiger partial charge in [0.1, 0.15) is 22.8 Å². The highest BCUT2D eigenvalue weighted by Gasteiger charge is 2.59. The van der Waals surface area contributed by atoms with E-state index in [1.165, 1.54) is 0 Å². The molecule has 0 radical (unpaired) electrons. The minimum atomic E-state index is -4.63. The Bertz CT molecular complexity index is 1580. The van der Waals surface area contributed by atoms with Gasteiger partial charge in [-0.2, -0.15) is 13.2 Å². The van der Waals surface area contributed by atoms with E-state index in [4.69, 9.17) is 5.73 Å². The molecule has 3 atom stereocenters. The molecule has 3 aliphatic rings. The van der Waals surface area contributed by atoms with Crippen LogP contribution in [0.2, 0.25) is 0 Å². The number of thiazole rings is 1. The number of Topliss-reactive ketones (excluding diaryl/α,β-unsaturated/α-hetero) is 2. The predicted octanol–water partition coefficient (Wildman–Crippen LogP) is 2.73. The van der Waals surface area contributed by atoms with E-state index in [0.29, 0.717) is 22.6 Å². The summed E-state index contributed by atoms with van der Waals surface area (Å²) in [6.45, 7) is -0.205. The van der Waals surface area contributed by atoms with Crippen LogP contribution in [0, 0.1) is 11.8 Å². The van der Waals surface area contributed by atoms with Crippen molar-refractivity contribution in [3.8, 4) is 5.75 Å². The van der Waals surface area contributed by atoms with Gasteiger partial charge in [-0.1, -0.05) is 0 Å². The number of phenols is 1. The monoisotopic (exact) mass is 594 g/mol. The molecule has 0 bridgehead atoms. The second-order valence-electron chi connectivity index (χ2n) is 10.5. The largest absolute Gasteiger partial charge is 0.511 e. The van der Waals surface area contributed by atoms with Crippen LogP contribution in [-0.4, -0.2) is 62.6 Å². The van der Waals surface area contributed by atoms with Crippen LogP contribution in [0.25, 0.3) is 0 Å². The number of benzene rings is 1. The van der Waals surface area contributed by atoms with Gasteiger partial charge in [0.15, 0.2) is 22.2 Å². The van der Waals surface area contributed by atoms with E-state index < -0.39 is 69.6 Å². The molecular weight excluding hydrogens is 569 g/mol. The van der Waals surface area contributed by atoms with Gasteiger partial charge in [0.05, 0.1) is 5.56 Å². The maximum atomic E-state index is 13.9. The van der Waals surface area contributed by atoms with E-state index in [1.54, 1.807) is 25.1 Å². The van der Waals surface area contributed by atoms with Crippen LogP contribution < -0.4 is 16.0 Å². The maximum Gasteiger partial charge on any atom is 0.434 e. The van der Waals surface area contributed by atoms with Gasteiger partial charge in [-0.3, -0.25) is 14.4 Å². The lowest BCUT2D eigenvalue weighted by Crippen LogP contribution is -2.57. The topological polar surface area (TPSA) is 186 Å². The molecule has 15 heteroatoms. The highest BCUT2D eigenvalue weighted by molar-refractivity contribution is 7.13. The van der Waals surface area contributed by atoms with Gasteiger partial charge in [-0.05, 0) is 30.4 Å². The van der Waals surface area contributed by atoms with Crippen molar-refractivity contribution in [1.82, 2.24) is 4.98 Å². The minimum absolute atomic E-state index is 0.00849. The molecule has 5 rings (SSSR count). The maximum absolute atomic E-state index is 13.9. The molecule has 1 amide bonds. The van der Waals surface area contributed by atoms with Crippen molar-refractivity contribution in [2.24, 2.45) is 17.6 Å². The Balaban J connectivity index is 1.57. The first-order valence-corrected chi connectivity index (χ1v) is 13.2. The van der Waals surface area contributed by atoms with E-state index >= 15 is 0 Å². The number of carbonyl (C=O) groups is 3. The number of phenolic OH excluding ortho intramolecular Hbond substituents is 1. The number of halogens is 3. The fraction of sp³-hybridized carbons (Fsp3) is 0.385. The third-order valence-electron chi connectivity index (χ3n) is 7.82. The second kappa shape index (κ2) is 9.48. The van der Waals surface area contributed by atoms with Crippen LogP contribution in [0.5, 0.6) is 5.75 Å². The summed E-state index contributed by atoms with van der Waals surface area (Å²) in [6.07, 6.45) is -4.86. The highest BCUT2D eigenvalue weighted by atomic mass is 32.1. The van der Waals surface area contributed by atoms with E-state index in [2.05, 4.69) is 10.3 Å². The number of nitrogens with two attached hydrogens (primary N) is 1. The number of hydrogen-bond acceptors (Lipinski definition) is 11. The molecule has 1 heterocycles.